The van der Waals surface area contributed by atoms with Crippen LogP contribution in [0.3, 0.4) is 0 Å². The second kappa shape index (κ2) is 11.0. The van der Waals surface area contributed by atoms with E-state index in [9.17, 15) is 4.79 Å². The number of carbonyl (C=O) groups excluding carboxylic acids is 1. The fraction of sp³-hybridized carbons (Fsp3) is 0.522. The molecule has 1 fully saturated rings. The number of likely N-dealkylation sites (tertiary alicyclic amines) is 1. The Balaban J connectivity index is 1.53. The van der Waals surface area contributed by atoms with Gasteiger partial charge in [0.15, 0.2) is 6.61 Å². The zero-order valence-corrected chi connectivity index (χ0v) is 18.1. The number of nitrogens with zero attached hydrogens (tertiary/aromatic N) is 3. The minimum absolute atomic E-state index is 0.0250. The highest BCUT2D eigenvalue weighted by molar-refractivity contribution is 5.77. The Labute approximate surface area is 178 Å². The first-order valence-electron chi connectivity index (χ1n) is 10.4. The van der Waals surface area contributed by atoms with Crippen molar-refractivity contribution in [1.29, 1.82) is 0 Å². The summed E-state index contributed by atoms with van der Waals surface area (Å²) in [4.78, 5) is 23.5. The number of hydrogen-bond acceptors (Lipinski definition) is 6. The summed E-state index contributed by atoms with van der Waals surface area (Å²) in [5.74, 6) is 1.81. The Morgan fingerprint density at radius 2 is 2.00 bits per heavy atom. The lowest BCUT2D eigenvalue weighted by molar-refractivity contribution is -0.134. The molecule has 0 atom stereocenters. The van der Waals surface area contributed by atoms with Crippen LogP contribution in [0.15, 0.2) is 30.5 Å². The number of rotatable bonds is 9. The Morgan fingerprint density at radius 3 is 2.73 bits per heavy atom. The largest absolute Gasteiger partial charge is 0.484 e. The number of hydrogen-bond donors (Lipinski definition) is 0. The normalized spacial score (nSPS) is 14.7. The molecule has 0 radical (unpaired) electrons. The Bertz CT molecular complexity index is 835. The molecule has 7 nitrogen and oxygen atoms in total. The molecule has 1 aliphatic heterocycles. The standard InChI is InChI=1S/C23H31N3O4/c1-17-5-4-6-21(13-17)30-16-22(27)26-9-7-19(8-10-26)23-20(14-24-18(2)25-23)15-29-12-11-28-3/h4-6,13-14,19H,7-12,15-16H2,1-3H3. The van der Waals surface area contributed by atoms with Gasteiger partial charge in [0, 0.05) is 37.9 Å². The van der Waals surface area contributed by atoms with Crippen LogP contribution >= 0.6 is 0 Å². The van der Waals surface area contributed by atoms with Crippen molar-refractivity contribution in [3.05, 3.63) is 53.1 Å². The highest BCUT2D eigenvalue weighted by Crippen LogP contribution is 2.29. The first kappa shape index (κ1) is 22.2. The number of amides is 1. The van der Waals surface area contributed by atoms with Gasteiger partial charge in [0.05, 0.1) is 25.5 Å². The summed E-state index contributed by atoms with van der Waals surface area (Å²) in [5.41, 5.74) is 3.18. The predicted octanol–water partition coefficient (Wildman–Crippen LogP) is 3.04. The van der Waals surface area contributed by atoms with Crippen LogP contribution in [0.1, 0.15) is 41.4 Å². The fourth-order valence-corrected chi connectivity index (χ4v) is 3.65. The molecule has 1 saturated heterocycles. The van der Waals surface area contributed by atoms with E-state index in [0.29, 0.717) is 38.8 Å². The lowest BCUT2D eigenvalue weighted by atomic mass is 9.91. The average molecular weight is 414 g/mol. The first-order chi connectivity index (χ1) is 14.6. The SMILES string of the molecule is COCCOCc1cnc(C)nc1C1CCN(C(=O)COc2cccc(C)c2)CC1. The quantitative estimate of drug-likeness (QED) is 0.589. The summed E-state index contributed by atoms with van der Waals surface area (Å²) in [6, 6.07) is 7.75. The van der Waals surface area contributed by atoms with E-state index in [-0.39, 0.29) is 12.5 Å². The molecule has 30 heavy (non-hydrogen) atoms. The maximum absolute atomic E-state index is 12.6. The number of piperidine rings is 1. The molecular weight excluding hydrogens is 382 g/mol. The summed E-state index contributed by atoms with van der Waals surface area (Å²) in [5, 5.41) is 0. The van der Waals surface area contributed by atoms with Gasteiger partial charge in [0.1, 0.15) is 11.6 Å². The first-order valence-corrected chi connectivity index (χ1v) is 10.4. The van der Waals surface area contributed by atoms with Crippen LogP contribution in [0.25, 0.3) is 0 Å². The molecule has 0 saturated carbocycles. The predicted molar refractivity (Wildman–Crippen MR) is 114 cm³/mol. The van der Waals surface area contributed by atoms with Crippen molar-refractivity contribution in [2.75, 3.05) is 40.0 Å². The van der Waals surface area contributed by atoms with Gasteiger partial charge in [0.2, 0.25) is 0 Å². The second-order valence-corrected chi connectivity index (χ2v) is 7.63. The molecule has 0 unspecified atom stereocenters. The van der Waals surface area contributed by atoms with Gasteiger partial charge < -0.3 is 19.1 Å². The summed E-state index contributed by atoms with van der Waals surface area (Å²) < 4.78 is 16.4. The summed E-state index contributed by atoms with van der Waals surface area (Å²) in [6.07, 6.45) is 3.60. The zero-order valence-electron chi connectivity index (χ0n) is 18.1. The molecular formula is C23H31N3O4. The van der Waals surface area contributed by atoms with Crippen molar-refractivity contribution in [1.82, 2.24) is 14.9 Å². The van der Waals surface area contributed by atoms with Crippen molar-refractivity contribution in [2.24, 2.45) is 0 Å². The highest BCUT2D eigenvalue weighted by Gasteiger charge is 2.26. The monoisotopic (exact) mass is 413 g/mol. The molecule has 0 N–H and O–H groups in total. The maximum Gasteiger partial charge on any atom is 0.260 e. The number of carbonyl (C=O) groups is 1. The number of aryl methyl sites for hydroxylation is 2. The third-order valence-electron chi connectivity index (χ3n) is 5.29. The molecule has 1 aromatic carbocycles. The van der Waals surface area contributed by atoms with Crippen LogP contribution < -0.4 is 4.74 Å². The molecule has 2 heterocycles. The highest BCUT2D eigenvalue weighted by atomic mass is 16.5. The van der Waals surface area contributed by atoms with E-state index in [1.54, 1.807) is 7.11 Å². The van der Waals surface area contributed by atoms with Crippen molar-refractivity contribution in [3.8, 4) is 5.75 Å². The fourth-order valence-electron chi connectivity index (χ4n) is 3.65. The van der Waals surface area contributed by atoms with Gasteiger partial charge in [0.25, 0.3) is 5.91 Å². The molecule has 0 bridgehead atoms. The van der Waals surface area contributed by atoms with Crippen LogP contribution in [-0.2, 0) is 20.9 Å². The number of aromatic nitrogens is 2. The zero-order chi connectivity index (χ0) is 21.3. The molecule has 1 aromatic heterocycles. The van der Waals surface area contributed by atoms with Crippen LogP contribution in [-0.4, -0.2) is 60.8 Å². The van der Waals surface area contributed by atoms with Gasteiger partial charge in [-0.15, -0.1) is 0 Å². The Kier molecular flexibility index (Phi) is 8.16. The molecule has 3 rings (SSSR count). The third kappa shape index (κ3) is 6.24. The third-order valence-corrected chi connectivity index (χ3v) is 5.29. The summed E-state index contributed by atoms with van der Waals surface area (Å²) >= 11 is 0. The molecule has 1 aliphatic rings. The minimum Gasteiger partial charge on any atom is -0.484 e. The average Bonchev–Trinajstić information content (AvgIpc) is 2.76. The van der Waals surface area contributed by atoms with Crippen molar-refractivity contribution >= 4 is 5.91 Å². The summed E-state index contributed by atoms with van der Waals surface area (Å²) in [6.45, 7) is 6.96. The van der Waals surface area contributed by atoms with E-state index in [2.05, 4.69) is 4.98 Å². The molecule has 7 heteroatoms. The lowest BCUT2D eigenvalue weighted by Crippen LogP contribution is -2.40. The van der Waals surface area contributed by atoms with Crippen molar-refractivity contribution in [2.45, 2.75) is 39.2 Å². The Hall–Kier alpha value is -2.51. The molecule has 162 valence electrons. The van der Waals surface area contributed by atoms with Gasteiger partial charge in [-0.25, -0.2) is 9.97 Å². The minimum atomic E-state index is 0.0250. The number of benzene rings is 1. The van der Waals surface area contributed by atoms with Gasteiger partial charge in [-0.3, -0.25) is 4.79 Å². The van der Waals surface area contributed by atoms with E-state index in [1.165, 1.54) is 0 Å². The molecule has 1 amide bonds. The molecule has 2 aromatic rings. The van der Waals surface area contributed by atoms with E-state index in [4.69, 9.17) is 19.2 Å². The van der Waals surface area contributed by atoms with Gasteiger partial charge in [-0.2, -0.15) is 0 Å². The van der Waals surface area contributed by atoms with Crippen molar-refractivity contribution in [3.63, 3.8) is 0 Å². The molecule has 0 spiro atoms. The van der Waals surface area contributed by atoms with E-state index < -0.39 is 0 Å². The van der Waals surface area contributed by atoms with Gasteiger partial charge in [-0.05, 0) is 44.4 Å². The summed E-state index contributed by atoms with van der Waals surface area (Å²) in [7, 11) is 1.66. The van der Waals surface area contributed by atoms with Crippen LogP contribution in [0.2, 0.25) is 0 Å². The van der Waals surface area contributed by atoms with Crippen molar-refractivity contribution < 1.29 is 19.0 Å². The van der Waals surface area contributed by atoms with Gasteiger partial charge in [-0.1, -0.05) is 12.1 Å². The maximum atomic E-state index is 12.6. The smallest absolute Gasteiger partial charge is 0.260 e. The number of methoxy groups -OCH3 is 1. The number of ether oxygens (including phenoxy) is 3. The van der Waals surface area contributed by atoms with Crippen LogP contribution in [0.5, 0.6) is 5.75 Å². The van der Waals surface area contributed by atoms with E-state index >= 15 is 0 Å². The topological polar surface area (TPSA) is 73.8 Å². The van der Waals surface area contributed by atoms with Crippen LogP contribution in [0.4, 0.5) is 0 Å². The molecule has 0 aliphatic carbocycles. The lowest BCUT2D eigenvalue weighted by Gasteiger charge is -2.32. The van der Waals surface area contributed by atoms with Crippen LogP contribution in [0, 0.1) is 13.8 Å². The van der Waals surface area contributed by atoms with E-state index in [1.807, 2.05) is 49.2 Å². The van der Waals surface area contributed by atoms with E-state index in [0.717, 1.165) is 41.2 Å². The Morgan fingerprint density at radius 1 is 1.20 bits per heavy atom. The second-order valence-electron chi connectivity index (χ2n) is 7.63. The van der Waals surface area contributed by atoms with Gasteiger partial charge >= 0.3 is 0 Å².